The van der Waals surface area contributed by atoms with Crippen LogP contribution >= 0.6 is 0 Å². The normalized spacial score (nSPS) is 11.8. The Labute approximate surface area is 121 Å². The van der Waals surface area contributed by atoms with E-state index in [1.807, 2.05) is 13.8 Å². The molecule has 0 aliphatic carbocycles. The Hall–Kier alpha value is -2.36. The molecule has 2 rings (SSSR count). The second kappa shape index (κ2) is 5.56. The first-order valence-electron chi connectivity index (χ1n) is 6.10. The van der Waals surface area contributed by atoms with Gasteiger partial charge in [-0.15, -0.1) is 0 Å². The highest BCUT2D eigenvalue weighted by Gasteiger charge is 2.19. The van der Waals surface area contributed by atoms with E-state index < -0.39 is 22.5 Å². The number of hydrogen-bond acceptors (Lipinski definition) is 5. The molecule has 0 aliphatic rings. The van der Waals surface area contributed by atoms with Crippen LogP contribution in [0.4, 0.5) is 5.82 Å². The van der Waals surface area contributed by atoms with E-state index in [1.165, 1.54) is 10.9 Å². The first-order valence-corrected chi connectivity index (χ1v) is 7.58. The van der Waals surface area contributed by atoms with E-state index in [9.17, 15) is 13.2 Å². The van der Waals surface area contributed by atoms with Crippen LogP contribution in [0.2, 0.25) is 0 Å². The third-order valence-corrected chi connectivity index (χ3v) is 3.92. The molecule has 2 aromatic rings. The van der Waals surface area contributed by atoms with Crippen LogP contribution in [0.1, 0.15) is 19.9 Å². The molecule has 114 valence electrons. The van der Waals surface area contributed by atoms with Crippen molar-refractivity contribution in [2.75, 3.05) is 4.72 Å². The van der Waals surface area contributed by atoms with Crippen molar-refractivity contribution in [3.8, 4) is 0 Å². The summed E-state index contributed by atoms with van der Waals surface area (Å²) in [7, 11) is -3.84. The molecular formula is C11H15N5O4S. The van der Waals surface area contributed by atoms with E-state index in [2.05, 4.69) is 14.9 Å². The van der Waals surface area contributed by atoms with Gasteiger partial charge in [-0.1, -0.05) is 0 Å². The van der Waals surface area contributed by atoms with Gasteiger partial charge < -0.3 is 5.11 Å². The molecule has 21 heavy (non-hydrogen) atoms. The van der Waals surface area contributed by atoms with Gasteiger partial charge >= 0.3 is 5.97 Å². The number of aromatic nitrogens is 4. The maximum atomic E-state index is 12.2. The largest absolute Gasteiger partial charge is 0.480 e. The summed E-state index contributed by atoms with van der Waals surface area (Å²) in [5, 5.41) is 16.4. The zero-order valence-electron chi connectivity index (χ0n) is 11.5. The van der Waals surface area contributed by atoms with Gasteiger partial charge in [-0.05, 0) is 13.8 Å². The van der Waals surface area contributed by atoms with Crippen molar-refractivity contribution in [2.45, 2.75) is 31.3 Å². The Balaban J connectivity index is 2.24. The third-order valence-electron chi connectivity index (χ3n) is 2.62. The number of nitrogens with one attached hydrogen (secondary N) is 1. The van der Waals surface area contributed by atoms with E-state index in [-0.39, 0.29) is 10.9 Å². The van der Waals surface area contributed by atoms with Crippen molar-refractivity contribution in [3.63, 3.8) is 0 Å². The lowest BCUT2D eigenvalue weighted by Gasteiger charge is -2.12. The molecule has 2 aromatic heterocycles. The van der Waals surface area contributed by atoms with Gasteiger partial charge in [0.25, 0.3) is 10.0 Å². The minimum Gasteiger partial charge on any atom is -0.480 e. The molecule has 0 amide bonds. The summed E-state index contributed by atoms with van der Waals surface area (Å²) in [5.41, 5.74) is 0. The molecule has 0 fully saturated rings. The number of anilines is 1. The predicted molar refractivity (Wildman–Crippen MR) is 73.3 cm³/mol. The minimum atomic E-state index is -3.84. The highest BCUT2D eigenvalue weighted by molar-refractivity contribution is 7.92. The summed E-state index contributed by atoms with van der Waals surface area (Å²) in [6.45, 7) is 3.34. The van der Waals surface area contributed by atoms with Crippen LogP contribution in [0.3, 0.4) is 0 Å². The number of sulfonamides is 1. The van der Waals surface area contributed by atoms with Gasteiger partial charge in [0.15, 0.2) is 0 Å². The lowest BCUT2D eigenvalue weighted by molar-refractivity contribution is -0.137. The van der Waals surface area contributed by atoms with Crippen LogP contribution in [0.15, 0.2) is 29.6 Å². The maximum absolute atomic E-state index is 12.2. The zero-order valence-corrected chi connectivity index (χ0v) is 12.3. The molecule has 10 heteroatoms. The van der Waals surface area contributed by atoms with Crippen molar-refractivity contribution in [1.82, 2.24) is 19.6 Å². The highest BCUT2D eigenvalue weighted by atomic mass is 32.2. The molecule has 0 bridgehead atoms. The van der Waals surface area contributed by atoms with Gasteiger partial charge in [-0.3, -0.25) is 14.2 Å². The van der Waals surface area contributed by atoms with Crippen molar-refractivity contribution in [1.29, 1.82) is 0 Å². The van der Waals surface area contributed by atoms with E-state index in [1.54, 1.807) is 6.07 Å². The second-order valence-electron chi connectivity index (χ2n) is 4.63. The Kier molecular flexibility index (Phi) is 3.98. The summed E-state index contributed by atoms with van der Waals surface area (Å²) in [6, 6.07) is 1.53. The topological polar surface area (TPSA) is 119 Å². The summed E-state index contributed by atoms with van der Waals surface area (Å²) >= 11 is 0. The molecule has 0 unspecified atom stereocenters. The first kappa shape index (κ1) is 15.0. The molecule has 2 heterocycles. The van der Waals surface area contributed by atoms with Gasteiger partial charge in [-0.2, -0.15) is 10.2 Å². The number of carbonyl (C=O) groups is 1. The van der Waals surface area contributed by atoms with Crippen molar-refractivity contribution in [2.24, 2.45) is 0 Å². The van der Waals surface area contributed by atoms with Crippen LogP contribution < -0.4 is 4.72 Å². The molecule has 2 N–H and O–H groups in total. The molecule has 0 saturated carbocycles. The highest BCUT2D eigenvalue weighted by Crippen LogP contribution is 2.18. The van der Waals surface area contributed by atoms with E-state index in [0.29, 0.717) is 5.82 Å². The molecule has 0 saturated heterocycles. The Morgan fingerprint density at radius 3 is 2.76 bits per heavy atom. The zero-order chi connectivity index (χ0) is 15.6. The maximum Gasteiger partial charge on any atom is 0.325 e. The monoisotopic (exact) mass is 313 g/mol. The van der Waals surface area contributed by atoms with E-state index >= 15 is 0 Å². The third kappa shape index (κ3) is 3.40. The number of carboxylic acid groups (broad SMARTS) is 1. The summed E-state index contributed by atoms with van der Waals surface area (Å²) in [4.78, 5) is 10.5. The van der Waals surface area contributed by atoms with Crippen LogP contribution in [-0.2, 0) is 21.4 Å². The quantitative estimate of drug-likeness (QED) is 0.803. The van der Waals surface area contributed by atoms with Crippen molar-refractivity contribution in [3.05, 3.63) is 24.7 Å². The average molecular weight is 313 g/mol. The first-order chi connectivity index (χ1) is 9.79. The molecule has 0 aromatic carbocycles. The van der Waals surface area contributed by atoms with Crippen LogP contribution in [0.25, 0.3) is 0 Å². The fraction of sp³-hybridized carbons (Fsp3) is 0.364. The van der Waals surface area contributed by atoms with Crippen LogP contribution in [0, 0.1) is 0 Å². The van der Waals surface area contributed by atoms with Gasteiger partial charge in [0.2, 0.25) is 0 Å². The summed E-state index contributed by atoms with van der Waals surface area (Å²) < 4.78 is 29.4. The van der Waals surface area contributed by atoms with E-state index in [0.717, 1.165) is 17.1 Å². The van der Waals surface area contributed by atoms with Crippen molar-refractivity contribution < 1.29 is 18.3 Å². The van der Waals surface area contributed by atoms with E-state index in [4.69, 9.17) is 5.11 Å². The molecule has 0 radical (unpaired) electrons. The van der Waals surface area contributed by atoms with Gasteiger partial charge in [-0.25, -0.2) is 13.1 Å². The van der Waals surface area contributed by atoms with Gasteiger partial charge in [0, 0.05) is 18.3 Å². The minimum absolute atomic E-state index is 0.00701. The number of carboxylic acids is 1. The SMILES string of the molecule is CC(C)n1nccc1NS(=O)(=O)c1cnn(CC(=O)O)c1. The van der Waals surface area contributed by atoms with Crippen LogP contribution in [-0.4, -0.2) is 39.1 Å². The average Bonchev–Trinajstić information content (AvgIpc) is 2.96. The number of rotatable bonds is 6. The van der Waals surface area contributed by atoms with Gasteiger partial charge in [0.1, 0.15) is 17.3 Å². The van der Waals surface area contributed by atoms with Crippen LogP contribution in [0.5, 0.6) is 0 Å². The molecule has 9 nitrogen and oxygen atoms in total. The predicted octanol–water partition coefficient (Wildman–Crippen LogP) is 0.546. The number of hydrogen-bond donors (Lipinski definition) is 2. The standard InChI is InChI=1S/C11H15N5O4S/c1-8(2)16-10(3-4-12-16)14-21(19,20)9-5-13-15(6-9)7-11(17)18/h3-6,8,14H,7H2,1-2H3,(H,17,18). The Morgan fingerprint density at radius 2 is 2.14 bits per heavy atom. The lowest BCUT2D eigenvalue weighted by atomic mass is 10.4. The summed E-state index contributed by atoms with van der Waals surface area (Å²) in [6.07, 6.45) is 3.75. The van der Waals surface area contributed by atoms with Crippen molar-refractivity contribution >= 4 is 21.8 Å². The number of aliphatic carboxylic acids is 1. The molecule has 0 aliphatic heterocycles. The smallest absolute Gasteiger partial charge is 0.325 e. The second-order valence-corrected chi connectivity index (χ2v) is 6.31. The molecule has 0 atom stereocenters. The number of nitrogens with zero attached hydrogens (tertiary/aromatic N) is 4. The fourth-order valence-electron chi connectivity index (χ4n) is 1.71. The van der Waals surface area contributed by atoms with Gasteiger partial charge in [0.05, 0.1) is 12.4 Å². The Morgan fingerprint density at radius 1 is 1.43 bits per heavy atom. The lowest BCUT2D eigenvalue weighted by Crippen LogP contribution is -2.17. The fourth-order valence-corrected chi connectivity index (χ4v) is 2.71. The summed E-state index contributed by atoms with van der Waals surface area (Å²) in [5.74, 6) is -0.774. The molecule has 0 spiro atoms. The molecular weight excluding hydrogens is 298 g/mol. The Bertz CT molecular complexity index is 746.